The molecule has 4 heterocycles. The molecule has 1 aliphatic carbocycles. The van der Waals surface area contributed by atoms with E-state index >= 15 is 0 Å². The molecule has 0 spiro atoms. The Balaban J connectivity index is 1.55. The minimum atomic E-state index is -4.23. The number of aromatic nitrogens is 6. The van der Waals surface area contributed by atoms with E-state index in [1.54, 1.807) is 24.9 Å². The minimum Gasteiger partial charge on any atom is -0.370 e. The SMILES string of the molecule is Cc1nc2c(C3CC(C(F)(F)F)C3)nc(N3CCO[C@H](c4cnn(C)c4)C3)nc2c(=O)n1C. The van der Waals surface area contributed by atoms with Gasteiger partial charge in [0.25, 0.3) is 5.56 Å². The van der Waals surface area contributed by atoms with Gasteiger partial charge in [0, 0.05) is 38.3 Å². The van der Waals surface area contributed by atoms with Crippen LogP contribution in [0, 0.1) is 12.8 Å². The quantitative estimate of drug-likeness (QED) is 0.589. The van der Waals surface area contributed by atoms with E-state index in [1.807, 2.05) is 18.1 Å². The van der Waals surface area contributed by atoms with Crippen molar-refractivity contribution in [3.8, 4) is 0 Å². The van der Waals surface area contributed by atoms with Crippen LogP contribution in [0.2, 0.25) is 0 Å². The lowest BCUT2D eigenvalue weighted by atomic mass is 9.72. The molecule has 1 saturated carbocycles. The number of nitrogens with zero attached hydrogens (tertiary/aromatic N) is 7. The molecule has 3 aromatic rings. The molecule has 1 saturated heterocycles. The lowest BCUT2D eigenvalue weighted by Crippen LogP contribution is -2.40. The smallest absolute Gasteiger partial charge is 0.370 e. The minimum absolute atomic E-state index is 0.0631. The summed E-state index contributed by atoms with van der Waals surface area (Å²) in [5.41, 5.74) is 1.40. The molecule has 3 aromatic heterocycles. The third-order valence-corrected chi connectivity index (χ3v) is 6.60. The van der Waals surface area contributed by atoms with E-state index in [0.29, 0.717) is 42.7 Å². The highest BCUT2D eigenvalue weighted by atomic mass is 19.4. The van der Waals surface area contributed by atoms with Gasteiger partial charge in [-0.05, 0) is 19.8 Å². The molecule has 1 atom stereocenters. The molecule has 0 bridgehead atoms. The van der Waals surface area contributed by atoms with E-state index in [4.69, 9.17) is 4.74 Å². The molecule has 9 nitrogen and oxygen atoms in total. The average Bonchev–Trinajstić information content (AvgIpc) is 3.17. The third kappa shape index (κ3) is 3.85. The number of hydrogen-bond donors (Lipinski definition) is 0. The van der Waals surface area contributed by atoms with Crippen LogP contribution in [0.15, 0.2) is 17.2 Å². The zero-order valence-electron chi connectivity index (χ0n) is 18.5. The molecule has 176 valence electrons. The number of ether oxygens (including phenoxy) is 1. The monoisotopic (exact) mass is 463 g/mol. The molecule has 0 N–H and O–H groups in total. The van der Waals surface area contributed by atoms with Crippen LogP contribution in [-0.4, -0.2) is 55.2 Å². The van der Waals surface area contributed by atoms with Gasteiger partial charge in [0.1, 0.15) is 17.4 Å². The summed E-state index contributed by atoms with van der Waals surface area (Å²) in [6.07, 6.45) is -1.02. The first-order valence-corrected chi connectivity index (χ1v) is 10.8. The van der Waals surface area contributed by atoms with Crippen molar-refractivity contribution in [1.29, 1.82) is 0 Å². The number of rotatable bonds is 3. The molecule has 0 aromatic carbocycles. The van der Waals surface area contributed by atoms with Crippen LogP contribution in [-0.2, 0) is 18.8 Å². The molecule has 5 rings (SSSR count). The van der Waals surface area contributed by atoms with Crippen LogP contribution in [0.5, 0.6) is 0 Å². The number of morpholine rings is 1. The highest BCUT2D eigenvalue weighted by Crippen LogP contribution is 2.50. The number of hydrogen-bond acceptors (Lipinski definition) is 7. The Morgan fingerprint density at radius 2 is 1.88 bits per heavy atom. The van der Waals surface area contributed by atoms with E-state index in [9.17, 15) is 18.0 Å². The molecule has 33 heavy (non-hydrogen) atoms. The number of halogens is 3. The van der Waals surface area contributed by atoms with Crippen molar-refractivity contribution in [2.75, 3.05) is 24.6 Å². The van der Waals surface area contributed by atoms with Gasteiger partial charge in [-0.3, -0.25) is 14.0 Å². The number of alkyl halides is 3. The average molecular weight is 463 g/mol. The summed E-state index contributed by atoms with van der Waals surface area (Å²) in [6.45, 7) is 3.03. The lowest BCUT2D eigenvalue weighted by Gasteiger charge is -2.37. The summed E-state index contributed by atoms with van der Waals surface area (Å²) in [7, 11) is 3.42. The number of anilines is 1. The van der Waals surface area contributed by atoms with E-state index in [-0.39, 0.29) is 30.0 Å². The van der Waals surface area contributed by atoms with Gasteiger partial charge >= 0.3 is 6.18 Å². The van der Waals surface area contributed by atoms with Crippen molar-refractivity contribution in [3.05, 3.63) is 39.8 Å². The number of aryl methyl sites for hydroxylation is 2. The second-order valence-corrected chi connectivity index (χ2v) is 8.79. The normalized spacial score (nSPS) is 23.7. The van der Waals surface area contributed by atoms with Crippen molar-refractivity contribution in [2.45, 2.75) is 38.0 Å². The molecular weight excluding hydrogens is 439 g/mol. The highest BCUT2D eigenvalue weighted by molar-refractivity contribution is 5.78. The fraction of sp³-hybridized carbons (Fsp3) is 0.571. The van der Waals surface area contributed by atoms with E-state index < -0.39 is 18.0 Å². The van der Waals surface area contributed by atoms with Gasteiger partial charge in [-0.15, -0.1) is 0 Å². The summed E-state index contributed by atoms with van der Waals surface area (Å²) in [6, 6.07) is 0. The van der Waals surface area contributed by atoms with E-state index in [1.165, 1.54) is 4.57 Å². The van der Waals surface area contributed by atoms with Crippen molar-refractivity contribution >= 4 is 17.0 Å². The molecule has 0 amide bonds. The van der Waals surface area contributed by atoms with Gasteiger partial charge in [-0.2, -0.15) is 18.3 Å². The maximum atomic E-state index is 13.1. The van der Waals surface area contributed by atoms with Crippen molar-refractivity contribution in [3.63, 3.8) is 0 Å². The summed E-state index contributed by atoms with van der Waals surface area (Å²) >= 11 is 0. The first-order valence-electron chi connectivity index (χ1n) is 10.8. The highest BCUT2D eigenvalue weighted by Gasteiger charge is 2.49. The van der Waals surface area contributed by atoms with Gasteiger partial charge < -0.3 is 9.64 Å². The zero-order valence-corrected chi connectivity index (χ0v) is 18.5. The van der Waals surface area contributed by atoms with Gasteiger partial charge in [-0.1, -0.05) is 0 Å². The molecule has 12 heteroatoms. The van der Waals surface area contributed by atoms with Gasteiger partial charge in [-0.25, -0.2) is 15.0 Å². The summed E-state index contributed by atoms with van der Waals surface area (Å²) in [4.78, 5) is 28.6. The predicted molar refractivity (Wildman–Crippen MR) is 113 cm³/mol. The Hall–Kier alpha value is -3.02. The summed E-state index contributed by atoms with van der Waals surface area (Å²) in [5, 5.41) is 4.19. The fourth-order valence-electron chi connectivity index (χ4n) is 4.44. The Morgan fingerprint density at radius 1 is 1.12 bits per heavy atom. The largest absolute Gasteiger partial charge is 0.391 e. The fourth-order valence-corrected chi connectivity index (χ4v) is 4.44. The Morgan fingerprint density at radius 3 is 2.55 bits per heavy atom. The van der Waals surface area contributed by atoms with E-state index in [0.717, 1.165) is 5.56 Å². The Labute approximate surface area is 187 Å². The molecule has 0 radical (unpaired) electrons. The van der Waals surface area contributed by atoms with Crippen molar-refractivity contribution in [1.82, 2.24) is 29.3 Å². The van der Waals surface area contributed by atoms with Crippen LogP contribution in [0.1, 0.15) is 41.9 Å². The van der Waals surface area contributed by atoms with Crippen molar-refractivity contribution in [2.24, 2.45) is 20.0 Å². The maximum Gasteiger partial charge on any atom is 0.391 e. The van der Waals surface area contributed by atoms with Gasteiger partial charge in [0.15, 0.2) is 5.52 Å². The lowest BCUT2D eigenvalue weighted by molar-refractivity contribution is -0.197. The topological polar surface area (TPSA) is 91.0 Å². The second kappa shape index (κ2) is 7.79. The Kier molecular flexibility index (Phi) is 5.15. The second-order valence-electron chi connectivity index (χ2n) is 8.79. The standard InChI is InChI=1S/C21H24F3N7O2/c1-11-26-17-16(12-6-14(7-12)21(22,23)24)27-20(28-18(17)19(32)30(11)3)31-4-5-33-15(10-31)13-8-25-29(2)9-13/h8-9,12,14-15H,4-7,10H2,1-3H3/t12?,14?,15-/m0/s1. The predicted octanol–water partition coefficient (Wildman–Crippen LogP) is 2.40. The van der Waals surface area contributed by atoms with Gasteiger partial charge in [0.2, 0.25) is 5.95 Å². The maximum absolute atomic E-state index is 13.1. The molecule has 2 aliphatic rings. The molecular formula is C21H24F3N7O2. The molecule has 1 aliphatic heterocycles. The van der Waals surface area contributed by atoms with Crippen LogP contribution < -0.4 is 10.5 Å². The third-order valence-electron chi connectivity index (χ3n) is 6.60. The number of fused-ring (bicyclic) bond motifs is 1. The molecule has 0 unspecified atom stereocenters. The van der Waals surface area contributed by atoms with Crippen LogP contribution in [0.3, 0.4) is 0 Å². The zero-order chi connectivity index (χ0) is 23.5. The van der Waals surface area contributed by atoms with Crippen molar-refractivity contribution < 1.29 is 17.9 Å². The van der Waals surface area contributed by atoms with Crippen LogP contribution in [0.25, 0.3) is 11.0 Å². The first kappa shape index (κ1) is 21.8. The Bertz CT molecular complexity index is 1260. The summed E-state index contributed by atoms with van der Waals surface area (Å²) in [5.74, 6) is -1.01. The van der Waals surface area contributed by atoms with Crippen LogP contribution in [0.4, 0.5) is 19.1 Å². The van der Waals surface area contributed by atoms with Crippen LogP contribution >= 0.6 is 0 Å². The summed E-state index contributed by atoms with van der Waals surface area (Å²) < 4.78 is 48.4. The van der Waals surface area contributed by atoms with Gasteiger partial charge in [0.05, 0.1) is 31.0 Å². The molecule has 2 fully saturated rings. The first-order chi connectivity index (χ1) is 15.6. The van der Waals surface area contributed by atoms with E-state index in [2.05, 4.69) is 20.1 Å².